The zero-order valence-corrected chi connectivity index (χ0v) is 16.4. The highest BCUT2D eigenvalue weighted by Gasteiger charge is 2.37. The lowest BCUT2D eigenvalue weighted by Crippen LogP contribution is -2.29. The SMILES string of the molecule is O=C(Nc1ccn([C@H]2C[C@H](O)[C@@H](COP(=O)(O)O)O2)c(=O)n1)OCc1ccccc1. The Bertz CT molecular complexity index is 978. The van der Waals surface area contributed by atoms with Crippen molar-refractivity contribution in [2.24, 2.45) is 0 Å². The van der Waals surface area contributed by atoms with Crippen LogP contribution in [0.4, 0.5) is 10.6 Å². The van der Waals surface area contributed by atoms with Crippen LogP contribution in [-0.4, -0.2) is 49.4 Å². The molecular formula is C17H20N3O9P. The summed E-state index contributed by atoms with van der Waals surface area (Å²) in [5.41, 5.74) is 0.0369. The fourth-order valence-corrected chi connectivity index (χ4v) is 3.11. The summed E-state index contributed by atoms with van der Waals surface area (Å²) in [6.45, 7) is -0.493. The van der Waals surface area contributed by atoms with Crippen LogP contribution < -0.4 is 11.0 Å². The van der Waals surface area contributed by atoms with Crippen LogP contribution >= 0.6 is 7.82 Å². The van der Waals surface area contributed by atoms with Crippen molar-refractivity contribution in [1.82, 2.24) is 9.55 Å². The first-order chi connectivity index (χ1) is 14.2. The smallest absolute Gasteiger partial charge is 0.444 e. The molecule has 0 bridgehead atoms. The minimum atomic E-state index is -4.72. The molecule has 1 fully saturated rings. The van der Waals surface area contributed by atoms with E-state index in [-0.39, 0.29) is 18.8 Å². The molecule has 13 heteroatoms. The third-order valence-electron chi connectivity index (χ3n) is 4.19. The van der Waals surface area contributed by atoms with E-state index in [1.165, 1.54) is 12.3 Å². The van der Waals surface area contributed by atoms with Crippen molar-refractivity contribution in [3.63, 3.8) is 0 Å². The molecule has 12 nitrogen and oxygen atoms in total. The molecule has 1 aliphatic heterocycles. The summed E-state index contributed by atoms with van der Waals surface area (Å²) in [6.07, 6.45) is -2.52. The number of nitrogens with zero attached hydrogens (tertiary/aromatic N) is 2. The molecule has 30 heavy (non-hydrogen) atoms. The second-order valence-electron chi connectivity index (χ2n) is 6.41. The average Bonchev–Trinajstić information content (AvgIpc) is 3.05. The second kappa shape index (κ2) is 9.47. The monoisotopic (exact) mass is 441 g/mol. The molecule has 162 valence electrons. The molecule has 2 aromatic rings. The van der Waals surface area contributed by atoms with E-state index >= 15 is 0 Å². The van der Waals surface area contributed by atoms with Gasteiger partial charge in [-0.05, 0) is 11.6 Å². The van der Waals surface area contributed by atoms with Gasteiger partial charge in [0.25, 0.3) is 0 Å². The predicted molar refractivity (Wildman–Crippen MR) is 101 cm³/mol. The number of carbonyl (C=O) groups is 1. The van der Waals surface area contributed by atoms with E-state index in [1.54, 1.807) is 12.1 Å². The maximum absolute atomic E-state index is 12.3. The van der Waals surface area contributed by atoms with Crippen LogP contribution in [0.15, 0.2) is 47.4 Å². The van der Waals surface area contributed by atoms with E-state index in [4.69, 9.17) is 19.3 Å². The van der Waals surface area contributed by atoms with E-state index in [9.17, 15) is 19.3 Å². The third kappa shape index (κ3) is 6.20. The number of benzene rings is 1. The lowest BCUT2D eigenvalue weighted by atomic mass is 10.2. The first-order valence-corrected chi connectivity index (χ1v) is 10.3. The third-order valence-corrected chi connectivity index (χ3v) is 4.68. The first kappa shape index (κ1) is 22.1. The van der Waals surface area contributed by atoms with E-state index in [0.29, 0.717) is 0 Å². The Kier molecular flexibility index (Phi) is 6.98. The quantitative estimate of drug-likeness (QED) is 0.450. The van der Waals surface area contributed by atoms with Crippen molar-refractivity contribution in [3.05, 3.63) is 58.6 Å². The normalized spacial score (nSPS) is 21.4. The van der Waals surface area contributed by atoms with E-state index < -0.39 is 44.6 Å². The van der Waals surface area contributed by atoms with Gasteiger partial charge in [-0.1, -0.05) is 30.3 Å². The molecule has 3 atom stereocenters. The Morgan fingerprint density at radius 1 is 1.30 bits per heavy atom. The minimum absolute atomic E-state index is 0.0112. The number of aliphatic hydroxyl groups excluding tert-OH is 1. The van der Waals surface area contributed by atoms with Gasteiger partial charge in [0.05, 0.1) is 12.7 Å². The van der Waals surface area contributed by atoms with Crippen LogP contribution in [0, 0.1) is 0 Å². The number of hydrogen-bond donors (Lipinski definition) is 4. The van der Waals surface area contributed by atoms with Gasteiger partial charge in [-0.3, -0.25) is 14.4 Å². The molecule has 0 aliphatic carbocycles. The zero-order valence-electron chi connectivity index (χ0n) is 15.5. The van der Waals surface area contributed by atoms with Crippen LogP contribution in [-0.2, 0) is 25.2 Å². The maximum atomic E-state index is 12.3. The molecule has 1 aromatic heterocycles. The van der Waals surface area contributed by atoms with E-state index in [1.807, 2.05) is 18.2 Å². The first-order valence-electron chi connectivity index (χ1n) is 8.82. The molecule has 1 aromatic carbocycles. The number of aliphatic hydroxyl groups is 1. The number of aromatic nitrogens is 2. The number of ether oxygens (including phenoxy) is 2. The van der Waals surface area contributed by atoms with Crippen molar-refractivity contribution in [2.75, 3.05) is 11.9 Å². The number of phosphoric acid groups is 1. The van der Waals surface area contributed by atoms with Crippen LogP contribution in [0.25, 0.3) is 0 Å². The molecule has 0 saturated carbocycles. The molecule has 1 amide bonds. The minimum Gasteiger partial charge on any atom is -0.444 e. The Balaban J connectivity index is 1.56. The molecule has 0 spiro atoms. The largest absolute Gasteiger partial charge is 0.469 e. The number of anilines is 1. The van der Waals surface area contributed by atoms with E-state index in [0.717, 1.165) is 10.1 Å². The van der Waals surface area contributed by atoms with Crippen molar-refractivity contribution in [3.8, 4) is 0 Å². The Hall–Kier alpha value is -2.60. The molecule has 0 unspecified atom stereocenters. The van der Waals surface area contributed by atoms with Crippen molar-refractivity contribution >= 4 is 19.7 Å². The summed E-state index contributed by atoms with van der Waals surface area (Å²) >= 11 is 0. The molecule has 1 saturated heterocycles. The number of nitrogens with one attached hydrogen (secondary N) is 1. The summed E-state index contributed by atoms with van der Waals surface area (Å²) in [4.78, 5) is 45.3. The fraction of sp³-hybridized carbons (Fsp3) is 0.353. The van der Waals surface area contributed by atoms with Gasteiger partial charge in [0.15, 0.2) is 0 Å². The van der Waals surface area contributed by atoms with Crippen LogP contribution in [0.2, 0.25) is 0 Å². The topological polar surface area (TPSA) is 169 Å². The van der Waals surface area contributed by atoms with Gasteiger partial charge in [0, 0.05) is 12.6 Å². The summed E-state index contributed by atoms with van der Waals surface area (Å²) in [5.74, 6) is -0.0331. The van der Waals surface area contributed by atoms with Gasteiger partial charge >= 0.3 is 19.6 Å². The number of phosphoric ester groups is 1. The molecular weight excluding hydrogens is 421 g/mol. The predicted octanol–water partition coefficient (Wildman–Crippen LogP) is 0.750. The highest BCUT2D eigenvalue weighted by molar-refractivity contribution is 7.46. The number of carbonyl (C=O) groups excluding carboxylic acids is 1. The Labute approximate surface area is 170 Å². The van der Waals surface area contributed by atoms with E-state index in [2.05, 4.69) is 14.8 Å². The fourth-order valence-electron chi connectivity index (χ4n) is 2.77. The summed E-state index contributed by atoms with van der Waals surface area (Å²) < 4.78 is 26.7. The summed E-state index contributed by atoms with van der Waals surface area (Å²) in [6, 6.07) is 10.4. The van der Waals surface area contributed by atoms with Crippen LogP contribution in [0.3, 0.4) is 0 Å². The number of amides is 1. The van der Waals surface area contributed by atoms with Gasteiger partial charge in [-0.25, -0.2) is 14.2 Å². The molecule has 0 radical (unpaired) electrons. The highest BCUT2D eigenvalue weighted by Crippen LogP contribution is 2.38. The summed E-state index contributed by atoms with van der Waals surface area (Å²) in [7, 11) is -4.72. The van der Waals surface area contributed by atoms with Gasteiger partial charge in [-0.15, -0.1) is 0 Å². The van der Waals surface area contributed by atoms with Gasteiger partial charge < -0.3 is 24.4 Å². The zero-order chi connectivity index (χ0) is 21.7. The molecule has 3 rings (SSSR count). The number of hydrogen-bond acceptors (Lipinski definition) is 8. The average molecular weight is 441 g/mol. The van der Waals surface area contributed by atoms with Crippen molar-refractivity contribution in [1.29, 1.82) is 0 Å². The standard InChI is InChI=1S/C17H20N3O9P/c21-12-8-15(29-13(12)10-28-30(24,25)26)20-7-6-14(18-16(20)22)19-17(23)27-9-11-4-2-1-3-5-11/h1-7,12-13,15,21H,8-10H2,(H2,24,25,26)(H,18,19,22,23)/t12-,13+,15+/m0/s1. The Morgan fingerprint density at radius 2 is 2.03 bits per heavy atom. The second-order valence-corrected chi connectivity index (χ2v) is 7.65. The van der Waals surface area contributed by atoms with Gasteiger partial charge in [0.1, 0.15) is 24.8 Å². The van der Waals surface area contributed by atoms with Crippen LogP contribution in [0.5, 0.6) is 0 Å². The van der Waals surface area contributed by atoms with Crippen LogP contribution in [0.1, 0.15) is 18.2 Å². The van der Waals surface area contributed by atoms with Crippen molar-refractivity contribution in [2.45, 2.75) is 31.5 Å². The molecule has 1 aliphatic rings. The van der Waals surface area contributed by atoms with Gasteiger partial charge in [-0.2, -0.15) is 4.98 Å². The summed E-state index contributed by atoms with van der Waals surface area (Å²) in [5, 5.41) is 12.3. The lowest BCUT2D eigenvalue weighted by molar-refractivity contribution is -0.0450. The highest BCUT2D eigenvalue weighted by atomic mass is 31.2. The van der Waals surface area contributed by atoms with Crippen molar-refractivity contribution < 1.29 is 38.3 Å². The number of rotatable bonds is 7. The lowest BCUT2D eigenvalue weighted by Gasteiger charge is -2.16. The molecule has 2 heterocycles. The maximum Gasteiger partial charge on any atom is 0.469 e. The Morgan fingerprint density at radius 3 is 2.70 bits per heavy atom. The van der Waals surface area contributed by atoms with Gasteiger partial charge in [0.2, 0.25) is 0 Å². The molecule has 4 N–H and O–H groups in total.